The second kappa shape index (κ2) is 4.38. The van der Waals surface area contributed by atoms with Crippen LogP contribution in [0.4, 0.5) is 0 Å². The molecule has 0 aliphatic carbocycles. The summed E-state index contributed by atoms with van der Waals surface area (Å²) in [6, 6.07) is 0. The van der Waals surface area contributed by atoms with Crippen molar-refractivity contribution in [1.82, 2.24) is 9.88 Å². The summed E-state index contributed by atoms with van der Waals surface area (Å²) in [6.45, 7) is 8.17. The van der Waals surface area contributed by atoms with E-state index in [-0.39, 0.29) is 0 Å². The maximum Gasteiger partial charge on any atom is 0.310 e. The molecule has 0 spiro atoms. The summed E-state index contributed by atoms with van der Waals surface area (Å²) in [5.41, 5.74) is 0.506. The van der Waals surface area contributed by atoms with E-state index >= 15 is 0 Å². The minimum atomic E-state index is -0.688. The van der Waals surface area contributed by atoms with E-state index in [2.05, 4.69) is 16.8 Å². The molecule has 17 heavy (non-hydrogen) atoms. The molecule has 94 valence electrons. The molecule has 1 N–H and O–H groups in total. The molecule has 1 aromatic heterocycles. The number of rotatable bonds is 3. The SMILES string of the molecule is Cc1nc(CN2CCC(C)(C(=O)O)C2)sc1C. The van der Waals surface area contributed by atoms with Crippen LogP contribution in [0, 0.1) is 19.3 Å². The minimum Gasteiger partial charge on any atom is -0.481 e. The summed E-state index contributed by atoms with van der Waals surface area (Å²) < 4.78 is 0. The van der Waals surface area contributed by atoms with Gasteiger partial charge in [-0.15, -0.1) is 11.3 Å². The molecule has 1 unspecified atom stereocenters. The van der Waals surface area contributed by atoms with Gasteiger partial charge in [0.15, 0.2) is 0 Å². The fourth-order valence-corrected chi connectivity index (χ4v) is 3.14. The number of carboxylic acids is 1. The highest BCUT2D eigenvalue weighted by molar-refractivity contribution is 7.11. The van der Waals surface area contributed by atoms with E-state index in [0.29, 0.717) is 6.54 Å². The topological polar surface area (TPSA) is 53.4 Å². The molecule has 1 aliphatic rings. The fourth-order valence-electron chi connectivity index (χ4n) is 2.16. The average molecular weight is 254 g/mol. The number of aliphatic carboxylic acids is 1. The molecule has 5 heteroatoms. The van der Waals surface area contributed by atoms with Crippen LogP contribution < -0.4 is 0 Å². The van der Waals surface area contributed by atoms with Gasteiger partial charge in [0.2, 0.25) is 0 Å². The zero-order valence-electron chi connectivity index (χ0n) is 10.5. The predicted molar refractivity (Wildman–Crippen MR) is 67.2 cm³/mol. The van der Waals surface area contributed by atoms with Crippen molar-refractivity contribution in [2.75, 3.05) is 13.1 Å². The average Bonchev–Trinajstić information content (AvgIpc) is 2.74. The van der Waals surface area contributed by atoms with Crippen molar-refractivity contribution in [3.8, 4) is 0 Å². The zero-order chi connectivity index (χ0) is 12.6. The van der Waals surface area contributed by atoms with Crippen LogP contribution in [0.25, 0.3) is 0 Å². The van der Waals surface area contributed by atoms with Gasteiger partial charge in [-0.2, -0.15) is 0 Å². The molecular formula is C12H18N2O2S. The number of carboxylic acid groups (broad SMARTS) is 1. The highest BCUT2D eigenvalue weighted by Crippen LogP contribution is 2.31. The van der Waals surface area contributed by atoms with Crippen molar-refractivity contribution < 1.29 is 9.90 Å². The Balaban J connectivity index is 2.01. The molecule has 1 atom stereocenters. The van der Waals surface area contributed by atoms with Gasteiger partial charge in [-0.1, -0.05) is 0 Å². The van der Waals surface area contributed by atoms with Gasteiger partial charge in [-0.3, -0.25) is 9.69 Å². The zero-order valence-corrected chi connectivity index (χ0v) is 11.3. The van der Waals surface area contributed by atoms with E-state index in [1.54, 1.807) is 11.3 Å². The highest BCUT2D eigenvalue weighted by atomic mass is 32.1. The Kier molecular flexibility index (Phi) is 3.23. The normalized spacial score (nSPS) is 25.4. The first-order chi connectivity index (χ1) is 7.90. The number of aryl methyl sites for hydroxylation is 2. The number of carbonyl (C=O) groups is 1. The first kappa shape index (κ1) is 12.5. The molecule has 0 aromatic carbocycles. The van der Waals surface area contributed by atoms with Gasteiger partial charge in [0.25, 0.3) is 0 Å². The third kappa shape index (κ3) is 2.50. The highest BCUT2D eigenvalue weighted by Gasteiger charge is 2.40. The standard InChI is InChI=1S/C12H18N2O2S/c1-8-9(2)17-10(13-8)6-14-5-4-12(3,7-14)11(15)16/h4-7H2,1-3H3,(H,15,16). The second-order valence-corrected chi connectivity index (χ2v) is 6.36. The van der Waals surface area contributed by atoms with Crippen molar-refractivity contribution >= 4 is 17.3 Å². The van der Waals surface area contributed by atoms with Crippen molar-refractivity contribution in [2.24, 2.45) is 5.41 Å². The largest absolute Gasteiger partial charge is 0.481 e. The molecule has 0 amide bonds. The summed E-state index contributed by atoms with van der Waals surface area (Å²) in [7, 11) is 0. The van der Waals surface area contributed by atoms with Gasteiger partial charge in [-0.25, -0.2) is 4.98 Å². The Morgan fingerprint density at radius 1 is 1.59 bits per heavy atom. The molecule has 0 bridgehead atoms. The van der Waals surface area contributed by atoms with Crippen LogP contribution in [-0.4, -0.2) is 34.0 Å². The molecule has 4 nitrogen and oxygen atoms in total. The molecule has 2 rings (SSSR count). The van der Waals surface area contributed by atoms with Crippen LogP contribution in [0.3, 0.4) is 0 Å². The van der Waals surface area contributed by atoms with E-state index in [9.17, 15) is 4.79 Å². The number of likely N-dealkylation sites (tertiary alicyclic amines) is 1. The maximum absolute atomic E-state index is 11.1. The number of aromatic nitrogens is 1. The predicted octanol–water partition coefficient (Wildman–Crippen LogP) is 2.06. The van der Waals surface area contributed by atoms with Crippen molar-refractivity contribution in [2.45, 2.75) is 33.7 Å². The van der Waals surface area contributed by atoms with Crippen LogP contribution in [0.5, 0.6) is 0 Å². The number of hydrogen-bond donors (Lipinski definition) is 1. The molecule has 0 saturated carbocycles. The van der Waals surface area contributed by atoms with E-state index in [1.165, 1.54) is 4.88 Å². The first-order valence-corrected chi connectivity index (χ1v) is 6.61. The monoisotopic (exact) mass is 254 g/mol. The Morgan fingerprint density at radius 3 is 2.76 bits per heavy atom. The van der Waals surface area contributed by atoms with Gasteiger partial charge in [0, 0.05) is 11.4 Å². The third-order valence-corrected chi connectivity index (χ3v) is 4.56. The smallest absolute Gasteiger partial charge is 0.310 e. The number of nitrogens with zero attached hydrogens (tertiary/aromatic N) is 2. The Bertz CT molecular complexity index is 424. The van der Waals surface area contributed by atoms with Crippen LogP contribution in [-0.2, 0) is 11.3 Å². The van der Waals surface area contributed by atoms with Crippen LogP contribution in [0.15, 0.2) is 0 Å². The van der Waals surface area contributed by atoms with Gasteiger partial charge < -0.3 is 5.11 Å². The Morgan fingerprint density at radius 2 is 2.29 bits per heavy atom. The number of hydrogen-bond acceptors (Lipinski definition) is 4. The van der Waals surface area contributed by atoms with Gasteiger partial charge in [-0.05, 0) is 33.7 Å². The fraction of sp³-hybridized carbons (Fsp3) is 0.667. The van der Waals surface area contributed by atoms with Gasteiger partial charge >= 0.3 is 5.97 Å². The minimum absolute atomic E-state index is 0.582. The summed E-state index contributed by atoms with van der Waals surface area (Å²) in [5, 5.41) is 10.3. The summed E-state index contributed by atoms with van der Waals surface area (Å²) in [6.07, 6.45) is 0.728. The van der Waals surface area contributed by atoms with Crippen LogP contribution >= 0.6 is 11.3 Å². The molecule has 1 saturated heterocycles. The summed E-state index contributed by atoms with van der Waals surface area (Å²) in [4.78, 5) is 19.1. The van der Waals surface area contributed by atoms with Crippen molar-refractivity contribution in [1.29, 1.82) is 0 Å². The van der Waals surface area contributed by atoms with E-state index < -0.39 is 11.4 Å². The molecule has 1 aromatic rings. The lowest BCUT2D eigenvalue weighted by molar-refractivity contribution is -0.147. The molecule has 0 radical (unpaired) electrons. The lowest BCUT2D eigenvalue weighted by atomic mass is 9.90. The van der Waals surface area contributed by atoms with E-state index in [1.807, 2.05) is 13.8 Å². The molecular weight excluding hydrogens is 236 g/mol. The van der Waals surface area contributed by atoms with Gasteiger partial charge in [0.05, 0.1) is 17.7 Å². The second-order valence-electron chi connectivity index (χ2n) is 5.08. The lowest BCUT2D eigenvalue weighted by Crippen LogP contribution is -2.31. The summed E-state index contributed by atoms with van der Waals surface area (Å²) in [5.74, 6) is -0.688. The molecule has 1 fully saturated rings. The van der Waals surface area contributed by atoms with E-state index in [0.717, 1.165) is 30.2 Å². The van der Waals surface area contributed by atoms with Crippen molar-refractivity contribution in [3.05, 3.63) is 15.6 Å². The third-order valence-electron chi connectivity index (χ3n) is 3.50. The first-order valence-electron chi connectivity index (χ1n) is 5.79. The van der Waals surface area contributed by atoms with Crippen LogP contribution in [0.2, 0.25) is 0 Å². The molecule has 2 heterocycles. The maximum atomic E-state index is 11.1. The quantitative estimate of drug-likeness (QED) is 0.897. The lowest BCUT2D eigenvalue weighted by Gasteiger charge is -2.19. The van der Waals surface area contributed by atoms with Crippen molar-refractivity contribution in [3.63, 3.8) is 0 Å². The molecule has 1 aliphatic heterocycles. The Labute approximate surface area is 105 Å². The number of thiazole rings is 1. The van der Waals surface area contributed by atoms with E-state index in [4.69, 9.17) is 5.11 Å². The Hall–Kier alpha value is -0.940. The van der Waals surface area contributed by atoms with Gasteiger partial charge in [0.1, 0.15) is 5.01 Å². The van der Waals surface area contributed by atoms with Crippen LogP contribution in [0.1, 0.15) is 28.9 Å². The summed E-state index contributed by atoms with van der Waals surface area (Å²) >= 11 is 1.71.